The number of hydrogen-bond acceptors (Lipinski definition) is 4. The summed E-state index contributed by atoms with van der Waals surface area (Å²) in [5, 5.41) is 5.78. The number of carbonyl (C=O) groups is 2. The highest BCUT2D eigenvalue weighted by molar-refractivity contribution is 5.97. The van der Waals surface area contributed by atoms with Crippen molar-refractivity contribution in [1.82, 2.24) is 15.6 Å². The molecule has 0 aliphatic carbocycles. The van der Waals surface area contributed by atoms with E-state index in [2.05, 4.69) is 15.6 Å². The van der Waals surface area contributed by atoms with Gasteiger partial charge in [-0.2, -0.15) is 0 Å². The first-order valence-electron chi connectivity index (χ1n) is 11.0. The van der Waals surface area contributed by atoms with E-state index < -0.39 is 6.04 Å². The monoisotopic (exact) mass is 451 g/mol. The van der Waals surface area contributed by atoms with Crippen molar-refractivity contribution in [2.75, 3.05) is 0 Å². The van der Waals surface area contributed by atoms with Gasteiger partial charge in [0, 0.05) is 30.1 Å². The van der Waals surface area contributed by atoms with Gasteiger partial charge in [-0.25, -0.2) is 0 Å². The van der Waals surface area contributed by atoms with Gasteiger partial charge < -0.3 is 15.4 Å². The van der Waals surface area contributed by atoms with Crippen LogP contribution < -0.4 is 15.4 Å². The van der Waals surface area contributed by atoms with Crippen molar-refractivity contribution in [2.45, 2.75) is 19.2 Å². The molecule has 0 fully saturated rings. The molecule has 2 amide bonds. The number of ether oxygens (including phenoxy) is 1. The number of amides is 2. The van der Waals surface area contributed by atoms with Gasteiger partial charge in [0.25, 0.3) is 5.91 Å². The van der Waals surface area contributed by atoms with Crippen molar-refractivity contribution in [1.29, 1.82) is 0 Å². The van der Waals surface area contributed by atoms with Crippen LogP contribution in [0.5, 0.6) is 5.75 Å². The number of carbonyl (C=O) groups excluding carboxylic acids is 2. The van der Waals surface area contributed by atoms with Crippen molar-refractivity contribution in [2.24, 2.45) is 0 Å². The van der Waals surface area contributed by atoms with Gasteiger partial charge >= 0.3 is 0 Å². The second-order valence-electron chi connectivity index (χ2n) is 7.69. The zero-order valence-corrected chi connectivity index (χ0v) is 18.6. The van der Waals surface area contributed by atoms with Gasteiger partial charge in [-0.1, -0.05) is 66.7 Å². The zero-order valence-electron chi connectivity index (χ0n) is 18.6. The van der Waals surface area contributed by atoms with E-state index in [1.54, 1.807) is 36.7 Å². The van der Waals surface area contributed by atoms with Crippen LogP contribution in [0.3, 0.4) is 0 Å². The van der Waals surface area contributed by atoms with E-state index in [1.165, 1.54) is 0 Å². The maximum Gasteiger partial charge on any atom is 0.252 e. The summed E-state index contributed by atoms with van der Waals surface area (Å²) in [5.74, 6) is 0.142. The Hall–Kier alpha value is -4.45. The fourth-order valence-electron chi connectivity index (χ4n) is 3.39. The zero-order chi connectivity index (χ0) is 23.6. The summed E-state index contributed by atoms with van der Waals surface area (Å²) >= 11 is 0. The van der Waals surface area contributed by atoms with E-state index in [-0.39, 0.29) is 11.8 Å². The molecular formula is C28H25N3O3. The van der Waals surface area contributed by atoms with Crippen LogP contribution in [0, 0.1) is 0 Å². The average Bonchev–Trinajstić information content (AvgIpc) is 2.91. The minimum atomic E-state index is -0.809. The number of benzene rings is 3. The SMILES string of the molecule is O=C(NC(C(=O)NCc1ccc(OCc2cccnc2)cc1)c1ccccc1)c1ccccc1. The van der Waals surface area contributed by atoms with E-state index in [0.717, 1.165) is 16.9 Å². The molecule has 0 bridgehead atoms. The van der Waals surface area contributed by atoms with Crippen LogP contribution in [0.4, 0.5) is 0 Å². The summed E-state index contributed by atoms with van der Waals surface area (Å²) in [6, 6.07) is 28.6. The van der Waals surface area contributed by atoms with Gasteiger partial charge in [-0.15, -0.1) is 0 Å². The third kappa shape index (κ3) is 6.29. The van der Waals surface area contributed by atoms with Gasteiger partial charge in [0.2, 0.25) is 5.91 Å². The standard InChI is InChI=1S/C28H25N3O3/c32-27(24-11-5-2-6-12-24)31-26(23-9-3-1-4-10-23)28(33)30-19-21-13-15-25(16-14-21)34-20-22-8-7-17-29-18-22/h1-18,26H,19-20H2,(H,30,33)(H,31,32). The Labute approximate surface area is 198 Å². The molecule has 6 nitrogen and oxygen atoms in total. The number of pyridine rings is 1. The van der Waals surface area contributed by atoms with Crippen LogP contribution in [0.1, 0.15) is 33.1 Å². The van der Waals surface area contributed by atoms with Crippen LogP contribution in [-0.2, 0) is 17.9 Å². The predicted octanol–water partition coefficient (Wildman–Crippen LogP) is 4.45. The maximum absolute atomic E-state index is 13.1. The van der Waals surface area contributed by atoms with E-state index >= 15 is 0 Å². The molecule has 2 N–H and O–H groups in total. The van der Waals surface area contributed by atoms with E-state index in [4.69, 9.17) is 4.74 Å². The van der Waals surface area contributed by atoms with Crippen molar-refractivity contribution >= 4 is 11.8 Å². The quantitative estimate of drug-likeness (QED) is 0.394. The molecule has 0 radical (unpaired) electrons. The Bertz CT molecular complexity index is 1200. The number of rotatable bonds is 9. The first-order chi connectivity index (χ1) is 16.7. The maximum atomic E-state index is 13.1. The lowest BCUT2D eigenvalue weighted by Crippen LogP contribution is -2.40. The predicted molar refractivity (Wildman–Crippen MR) is 130 cm³/mol. The van der Waals surface area contributed by atoms with Gasteiger partial charge in [-0.05, 0) is 41.5 Å². The van der Waals surface area contributed by atoms with Crippen LogP contribution >= 0.6 is 0 Å². The van der Waals surface area contributed by atoms with E-state index in [0.29, 0.717) is 24.3 Å². The summed E-state index contributed by atoms with van der Waals surface area (Å²) in [5.41, 5.74) is 3.12. The highest BCUT2D eigenvalue weighted by Crippen LogP contribution is 2.16. The highest BCUT2D eigenvalue weighted by atomic mass is 16.5. The lowest BCUT2D eigenvalue weighted by molar-refractivity contribution is -0.123. The lowest BCUT2D eigenvalue weighted by Gasteiger charge is -2.19. The summed E-state index contributed by atoms with van der Waals surface area (Å²) in [4.78, 5) is 29.8. The van der Waals surface area contributed by atoms with Crippen LogP contribution in [0.15, 0.2) is 109 Å². The van der Waals surface area contributed by atoms with Crippen LogP contribution in [0.25, 0.3) is 0 Å². The Kier molecular flexibility index (Phi) is 7.64. The van der Waals surface area contributed by atoms with Crippen LogP contribution in [0.2, 0.25) is 0 Å². The number of nitrogens with zero attached hydrogens (tertiary/aromatic N) is 1. The molecule has 34 heavy (non-hydrogen) atoms. The van der Waals surface area contributed by atoms with Gasteiger partial charge in [0.05, 0.1) is 0 Å². The smallest absolute Gasteiger partial charge is 0.252 e. The fraction of sp³-hybridized carbons (Fsp3) is 0.107. The Morgan fingerprint density at radius 3 is 2.18 bits per heavy atom. The molecule has 1 heterocycles. The first kappa shape index (κ1) is 22.7. The number of hydrogen-bond donors (Lipinski definition) is 2. The molecule has 1 unspecified atom stereocenters. The average molecular weight is 452 g/mol. The molecule has 0 aliphatic rings. The minimum absolute atomic E-state index is 0.285. The summed E-state index contributed by atoms with van der Waals surface area (Å²) in [6.07, 6.45) is 3.49. The Morgan fingerprint density at radius 2 is 1.50 bits per heavy atom. The largest absolute Gasteiger partial charge is 0.489 e. The van der Waals surface area contributed by atoms with Crippen molar-refractivity contribution in [3.05, 3.63) is 132 Å². The second-order valence-corrected chi connectivity index (χ2v) is 7.69. The lowest BCUT2D eigenvalue weighted by atomic mass is 10.0. The number of aromatic nitrogens is 1. The minimum Gasteiger partial charge on any atom is -0.489 e. The molecule has 1 atom stereocenters. The molecule has 4 rings (SSSR count). The molecule has 0 saturated carbocycles. The Morgan fingerprint density at radius 1 is 0.794 bits per heavy atom. The fourth-order valence-corrected chi connectivity index (χ4v) is 3.39. The second kappa shape index (κ2) is 11.4. The molecular weight excluding hydrogens is 426 g/mol. The molecule has 0 aliphatic heterocycles. The van der Waals surface area contributed by atoms with Gasteiger partial charge in [0.1, 0.15) is 18.4 Å². The number of nitrogens with one attached hydrogen (secondary N) is 2. The van der Waals surface area contributed by atoms with Gasteiger partial charge in [0.15, 0.2) is 0 Å². The van der Waals surface area contributed by atoms with Crippen molar-refractivity contribution in [3.8, 4) is 5.75 Å². The summed E-state index contributed by atoms with van der Waals surface area (Å²) in [6.45, 7) is 0.760. The highest BCUT2D eigenvalue weighted by Gasteiger charge is 2.23. The molecule has 1 aromatic heterocycles. The molecule has 0 spiro atoms. The molecule has 3 aromatic carbocycles. The molecule has 170 valence electrons. The van der Waals surface area contributed by atoms with E-state index in [1.807, 2.05) is 72.8 Å². The van der Waals surface area contributed by atoms with Crippen molar-refractivity contribution in [3.63, 3.8) is 0 Å². The summed E-state index contributed by atoms with van der Waals surface area (Å²) in [7, 11) is 0. The van der Waals surface area contributed by atoms with Gasteiger partial charge in [-0.3, -0.25) is 14.6 Å². The summed E-state index contributed by atoms with van der Waals surface area (Å²) < 4.78 is 5.78. The van der Waals surface area contributed by atoms with Crippen molar-refractivity contribution < 1.29 is 14.3 Å². The normalized spacial score (nSPS) is 11.3. The van der Waals surface area contributed by atoms with E-state index in [9.17, 15) is 9.59 Å². The third-order valence-electron chi connectivity index (χ3n) is 5.22. The molecule has 0 saturated heterocycles. The van der Waals surface area contributed by atoms with Crippen LogP contribution in [-0.4, -0.2) is 16.8 Å². The third-order valence-corrected chi connectivity index (χ3v) is 5.22. The topological polar surface area (TPSA) is 80.3 Å². The Balaban J connectivity index is 1.37. The first-order valence-corrected chi connectivity index (χ1v) is 11.0. The molecule has 4 aromatic rings. The molecule has 6 heteroatoms.